The Labute approximate surface area is 201 Å². The van der Waals surface area contributed by atoms with Crippen LogP contribution in [0.3, 0.4) is 0 Å². The van der Waals surface area contributed by atoms with E-state index in [1.54, 1.807) is 49.0 Å². The molecule has 1 aliphatic rings. The summed E-state index contributed by atoms with van der Waals surface area (Å²) < 4.78 is 6.95. The number of benzene rings is 1. The fourth-order valence-corrected chi connectivity index (χ4v) is 3.70. The van der Waals surface area contributed by atoms with E-state index < -0.39 is 0 Å². The molecule has 4 rings (SSSR count). The summed E-state index contributed by atoms with van der Waals surface area (Å²) in [5, 5.41) is 4.25. The lowest BCUT2D eigenvalue weighted by Gasteiger charge is -2.32. The number of aromatic nitrogens is 3. The number of carbonyl (C=O) groups excluding carboxylic acids is 2. The van der Waals surface area contributed by atoms with E-state index in [1.807, 2.05) is 6.07 Å². The largest absolute Gasteiger partial charge is 0.480 e. The van der Waals surface area contributed by atoms with Gasteiger partial charge in [-0.15, -0.1) is 0 Å². The molecule has 0 unspecified atom stereocenters. The number of pyridine rings is 1. The van der Waals surface area contributed by atoms with Gasteiger partial charge < -0.3 is 24.4 Å². The number of hydrogen-bond acceptors (Lipinski definition) is 8. The summed E-state index contributed by atoms with van der Waals surface area (Å²) >= 11 is 6.33. The number of nitrogens with one attached hydrogen (secondary N) is 1. The van der Waals surface area contributed by atoms with E-state index in [4.69, 9.17) is 16.3 Å². The predicted molar refractivity (Wildman–Crippen MR) is 130 cm³/mol. The fraction of sp³-hybridized carbons (Fsp3) is 0.348. The van der Waals surface area contributed by atoms with Gasteiger partial charge in [-0.05, 0) is 24.3 Å². The first-order valence-corrected chi connectivity index (χ1v) is 11.2. The third-order valence-electron chi connectivity index (χ3n) is 5.71. The van der Waals surface area contributed by atoms with Gasteiger partial charge in [-0.3, -0.25) is 14.4 Å². The van der Waals surface area contributed by atoms with E-state index >= 15 is 0 Å². The van der Waals surface area contributed by atoms with Crippen molar-refractivity contribution in [1.82, 2.24) is 19.4 Å². The maximum atomic E-state index is 12.6. The second-order valence-electron chi connectivity index (χ2n) is 8.06. The summed E-state index contributed by atoms with van der Waals surface area (Å²) in [7, 11) is 3.42. The highest BCUT2D eigenvalue weighted by molar-refractivity contribution is 6.32. The number of anilines is 3. The van der Waals surface area contributed by atoms with Gasteiger partial charge in [0.1, 0.15) is 11.6 Å². The van der Waals surface area contributed by atoms with Crippen LogP contribution in [0.2, 0.25) is 5.02 Å². The molecule has 2 aromatic heterocycles. The first-order chi connectivity index (χ1) is 16.3. The fourth-order valence-electron chi connectivity index (χ4n) is 3.56. The molecular weight excluding hydrogens is 460 g/mol. The zero-order valence-electron chi connectivity index (χ0n) is 19.2. The molecule has 0 saturated carbocycles. The minimum atomic E-state index is -0.317. The topological polar surface area (TPSA) is 110 Å². The molecule has 178 valence electrons. The molecule has 1 aliphatic heterocycles. The monoisotopic (exact) mass is 484 g/mol. The SMILES string of the molecule is CCC(=O)COc1cc2cc(Nc3nc(N4CCN(C)C(=O)C4)ncc3Cl)ccc2n(C)c1=O. The van der Waals surface area contributed by atoms with Crippen LogP contribution in [-0.4, -0.2) is 64.4 Å². The molecule has 3 heterocycles. The zero-order chi connectivity index (χ0) is 24.4. The zero-order valence-corrected chi connectivity index (χ0v) is 19.9. The van der Waals surface area contributed by atoms with E-state index in [0.29, 0.717) is 47.5 Å². The summed E-state index contributed by atoms with van der Waals surface area (Å²) in [6.07, 6.45) is 1.84. The molecular formula is C23H25ClN6O4. The molecule has 0 aliphatic carbocycles. The van der Waals surface area contributed by atoms with Crippen molar-refractivity contribution < 1.29 is 14.3 Å². The molecule has 1 N–H and O–H groups in total. The lowest BCUT2D eigenvalue weighted by atomic mass is 10.2. The third-order valence-corrected chi connectivity index (χ3v) is 5.98. The maximum absolute atomic E-state index is 12.6. The number of amides is 1. The average Bonchev–Trinajstić information content (AvgIpc) is 2.83. The Kier molecular flexibility index (Phi) is 6.69. The second-order valence-corrected chi connectivity index (χ2v) is 8.46. The van der Waals surface area contributed by atoms with Gasteiger partial charge in [0, 0.05) is 44.7 Å². The molecule has 0 bridgehead atoms. The first-order valence-electron chi connectivity index (χ1n) is 10.8. The lowest BCUT2D eigenvalue weighted by Crippen LogP contribution is -2.49. The van der Waals surface area contributed by atoms with Crippen LogP contribution in [-0.2, 0) is 16.6 Å². The van der Waals surface area contributed by atoms with Crippen molar-refractivity contribution >= 4 is 51.6 Å². The van der Waals surface area contributed by atoms with Crippen molar-refractivity contribution in [3.05, 3.63) is 45.8 Å². The van der Waals surface area contributed by atoms with Gasteiger partial charge in [-0.2, -0.15) is 4.98 Å². The number of rotatable bonds is 7. The Balaban J connectivity index is 1.62. The standard InChI is InChI=1S/C23H25ClN6O4/c1-4-16(31)13-34-19-10-14-9-15(5-6-18(14)29(3)22(19)33)26-21-17(24)11-25-23(27-21)30-8-7-28(2)20(32)12-30/h5-6,9-11H,4,7-8,12-13H2,1-3H3,(H,25,26,27). The minimum absolute atomic E-state index is 0.00175. The number of aryl methyl sites for hydroxylation is 1. The lowest BCUT2D eigenvalue weighted by molar-refractivity contribution is -0.129. The number of nitrogens with zero attached hydrogens (tertiary/aromatic N) is 5. The van der Waals surface area contributed by atoms with Gasteiger partial charge in [-0.25, -0.2) is 4.98 Å². The molecule has 1 saturated heterocycles. The smallest absolute Gasteiger partial charge is 0.293 e. The number of fused-ring (bicyclic) bond motifs is 1. The summed E-state index contributed by atoms with van der Waals surface area (Å²) in [6.45, 7) is 3.00. The number of carbonyl (C=O) groups is 2. The molecule has 3 aromatic rings. The van der Waals surface area contributed by atoms with Crippen LogP contribution in [0.15, 0.2) is 35.3 Å². The van der Waals surface area contributed by atoms with E-state index in [-0.39, 0.29) is 36.2 Å². The van der Waals surface area contributed by atoms with Crippen molar-refractivity contribution in [3.8, 4) is 5.75 Å². The minimum Gasteiger partial charge on any atom is -0.480 e. The molecule has 1 fully saturated rings. The van der Waals surface area contributed by atoms with E-state index in [0.717, 1.165) is 5.39 Å². The Hall–Kier alpha value is -3.66. The van der Waals surface area contributed by atoms with Crippen molar-refractivity contribution in [2.24, 2.45) is 7.05 Å². The van der Waals surface area contributed by atoms with Crippen LogP contribution in [0.1, 0.15) is 13.3 Å². The number of hydrogen-bond donors (Lipinski definition) is 1. The van der Waals surface area contributed by atoms with Gasteiger partial charge in [-0.1, -0.05) is 18.5 Å². The number of likely N-dealkylation sites (N-methyl/N-ethyl adjacent to an activating group) is 1. The van der Waals surface area contributed by atoms with Gasteiger partial charge in [0.25, 0.3) is 5.56 Å². The Morgan fingerprint density at radius 1 is 1.21 bits per heavy atom. The summed E-state index contributed by atoms with van der Waals surface area (Å²) in [5.41, 5.74) is 1.07. The van der Waals surface area contributed by atoms with Gasteiger partial charge in [0.2, 0.25) is 11.9 Å². The normalized spacial score (nSPS) is 13.9. The summed E-state index contributed by atoms with van der Waals surface area (Å²) in [5.74, 6) is 0.822. The van der Waals surface area contributed by atoms with Crippen LogP contribution < -0.4 is 20.5 Å². The van der Waals surface area contributed by atoms with E-state index in [2.05, 4.69) is 15.3 Å². The maximum Gasteiger partial charge on any atom is 0.293 e. The highest BCUT2D eigenvalue weighted by atomic mass is 35.5. The summed E-state index contributed by atoms with van der Waals surface area (Å²) in [4.78, 5) is 48.5. The second kappa shape index (κ2) is 9.68. The van der Waals surface area contributed by atoms with Crippen LogP contribution in [0.5, 0.6) is 5.75 Å². The quantitative estimate of drug-likeness (QED) is 0.544. The molecule has 0 atom stereocenters. The van der Waals surface area contributed by atoms with Crippen LogP contribution in [0.25, 0.3) is 10.9 Å². The summed E-state index contributed by atoms with van der Waals surface area (Å²) in [6, 6.07) is 7.06. The molecule has 1 aromatic carbocycles. The number of ketones is 1. The number of piperazine rings is 1. The van der Waals surface area contributed by atoms with Crippen LogP contribution >= 0.6 is 11.6 Å². The van der Waals surface area contributed by atoms with Crippen molar-refractivity contribution in [3.63, 3.8) is 0 Å². The third kappa shape index (κ3) is 4.81. The molecule has 0 spiro atoms. The highest BCUT2D eigenvalue weighted by Gasteiger charge is 2.23. The van der Waals surface area contributed by atoms with Gasteiger partial charge in [0.05, 0.1) is 18.3 Å². The first kappa shape index (κ1) is 23.5. The van der Waals surface area contributed by atoms with Crippen molar-refractivity contribution in [2.75, 3.05) is 43.5 Å². The van der Waals surface area contributed by atoms with Crippen LogP contribution in [0, 0.1) is 0 Å². The molecule has 34 heavy (non-hydrogen) atoms. The van der Waals surface area contributed by atoms with Crippen LogP contribution in [0.4, 0.5) is 17.5 Å². The highest BCUT2D eigenvalue weighted by Crippen LogP contribution is 2.28. The average molecular weight is 485 g/mol. The number of halogens is 1. The van der Waals surface area contributed by atoms with E-state index in [9.17, 15) is 14.4 Å². The predicted octanol–water partition coefficient (Wildman–Crippen LogP) is 2.36. The molecule has 1 amide bonds. The van der Waals surface area contributed by atoms with E-state index in [1.165, 1.54) is 10.8 Å². The molecule has 11 heteroatoms. The van der Waals surface area contributed by atoms with Crippen molar-refractivity contribution in [1.29, 1.82) is 0 Å². The Morgan fingerprint density at radius 2 is 2.00 bits per heavy atom. The Morgan fingerprint density at radius 3 is 2.74 bits per heavy atom. The number of ether oxygens (including phenoxy) is 1. The van der Waals surface area contributed by atoms with Gasteiger partial charge in [0.15, 0.2) is 17.4 Å². The molecule has 10 nitrogen and oxygen atoms in total. The van der Waals surface area contributed by atoms with Gasteiger partial charge >= 0.3 is 0 Å². The number of Topliss-reactive ketones (excluding diaryl/α,β-unsaturated/α-hetero) is 1. The molecule has 0 radical (unpaired) electrons. The Bertz CT molecular complexity index is 1320. The van der Waals surface area contributed by atoms with Crippen molar-refractivity contribution in [2.45, 2.75) is 13.3 Å².